The molecule has 3 aromatic rings. The number of pyridine rings is 1. The third kappa shape index (κ3) is 6.61. The lowest BCUT2D eigenvalue weighted by Gasteiger charge is -2.21. The molecule has 0 spiro atoms. The van der Waals surface area contributed by atoms with Crippen LogP contribution in [0.3, 0.4) is 0 Å². The van der Waals surface area contributed by atoms with Gasteiger partial charge in [-0.3, -0.25) is 19.3 Å². The molecule has 11 heteroatoms. The van der Waals surface area contributed by atoms with Crippen LogP contribution < -0.4 is 16.0 Å². The summed E-state index contributed by atoms with van der Waals surface area (Å²) in [5, 5.41) is 12.6. The van der Waals surface area contributed by atoms with Gasteiger partial charge in [0.15, 0.2) is 0 Å². The van der Waals surface area contributed by atoms with Crippen molar-refractivity contribution in [2.24, 2.45) is 13.0 Å². The zero-order chi connectivity index (χ0) is 25.7. The Morgan fingerprint density at radius 1 is 1.11 bits per heavy atom. The molecule has 36 heavy (non-hydrogen) atoms. The highest BCUT2D eigenvalue weighted by molar-refractivity contribution is 6.01. The minimum Gasteiger partial charge on any atom is -0.355 e. The summed E-state index contributed by atoms with van der Waals surface area (Å²) in [6.07, 6.45) is 4.46. The van der Waals surface area contributed by atoms with Crippen LogP contribution in [-0.4, -0.2) is 32.6 Å². The van der Waals surface area contributed by atoms with Crippen LogP contribution in [0.2, 0.25) is 0 Å². The number of nitrogens with one attached hydrogen (secondary N) is 3. The smallest absolute Gasteiger partial charge is 0.355 e. The summed E-state index contributed by atoms with van der Waals surface area (Å²) in [6, 6.07) is 7.91. The van der Waals surface area contributed by atoms with E-state index in [4.69, 9.17) is 0 Å². The maximum atomic E-state index is 13.1. The predicted octanol–water partition coefficient (Wildman–Crippen LogP) is 4.89. The number of carbonyl (C=O) groups excluding carboxylic acids is 2. The van der Waals surface area contributed by atoms with Gasteiger partial charge < -0.3 is 16.0 Å². The van der Waals surface area contributed by atoms with Crippen LogP contribution in [0.5, 0.6) is 0 Å². The molecule has 1 fully saturated rings. The van der Waals surface area contributed by atoms with Crippen molar-refractivity contribution in [2.45, 2.75) is 44.3 Å². The number of aromatic nitrogens is 3. The number of halogens is 3. The average Bonchev–Trinajstić information content (AvgIpc) is 3.50. The number of alkyl halides is 3. The molecule has 190 valence electrons. The fraction of sp³-hybridized carbons (Fsp3) is 0.360. The van der Waals surface area contributed by atoms with Crippen LogP contribution in [0.4, 0.5) is 30.2 Å². The number of carbonyl (C=O) groups is 2. The van der Waals surface area contributed by atoms with Gasteiger partial charge in [0.25, 0.3) is 5.91 Å². The monoisotopic (exact) mass is 500 g/mol. The van der Waals surface area contributed by atoms with E-state index in [1.54, 1.807) is 36.1 Å². The first-order valence-electron chi connectivity index (χ1n) is 11.7. The summed E-state index contributed by atoms with van der Waals surface area (Å²) in [7, 11) is 1.74. The molecule has 0 bridgehead atoms. The number of rotatable bonds is 8. The Balaban J connectivity index is 1.47. The van der Waals surface area contributed by atoms with E-state index in [0.29, 0.717) is 23.7 Å². The van der Waals surface area contributed by atoms with Crippen molar-refractivity contribution in [3.8, 4) is 0 Å². The van der Waals surface area contributed by atoms with E-state index in [-0.39, 0.29) is 17.2 Å². The fourth-order valence-corrected chi connectivity index (χ4v) is 4.34. The molecule has 1 aromatic carbocycles. The highest BCUT2D eigenvalue weighted by Crippen LogP contribution is 2.30. The van der Waals surface area contributed by atoms with Crippen LogP contribution in [0.1, 0.15) is 48.2 Å². The fourth-order valence-electron chi connectivity index (χ4n) is 4.34. The van der Waals surface area contributed by atoms with E-state index >= 15 is 0 Å². The van der Waals surface area contributed by atoms with E-state index < -0.39 is 23.8 Å². The molecule has 0 unspecified atom stereocenters. The second kappa shape index (κ2) is 10.8. The van der Waals surface area contributed by atoms with Gasteiger partial charge in [0.1, 0.15) is 11.7 Å². The molecule has 1 aliphatic carbocycles. The van der Waals surface area contributed by atoms with Gasteiger partial charge in [-0.05, 0) is 42.7 Å². The van der Waals surface area contributed by atoms with Gasteiger partial charge in [-0.25, -0.2) is 0 Å². The molecular formula is C25H27F3N6O2. The average molecular weight is 501 g/mol. The summed E-state index contributed by atoms with van der Waals surface area (Å²) in [6.45, 7) is 0. The second-order valence-corrected chi connectivity index (χ2v) is 8.94. The zero-order valence-electron chi connectivity index (χ0n) is 19.7. The van der Waals surface area contributed by atoms with Crippen LogP contribution in [0.15, 0.2) is 55.0 Å². The van der Waals surface area contributed by atoms with Gasteiger partial charge in [0.05, 0.1) is 11.9 Å². The number of hydrogen-bond donors (Lipinski definition) is 3. The number of aryl methyl sites for hydroxylation is 1. The first kappa shape index (κ1) is 25.2. The summed E-state index contributed by atoms with van der Waals surface area (Å²) in [5.74, 6) is -0.430. The topological polar surface area (TPSA) is 101 Å². The Bertz CT molecular complexity index is 1220. The van der Waals surface area contributed by atoms with Gasteiger partial charge in [0.2, 0.25) is 5.91 Å². The van der Waals surface area contributed by atoms with Gasteiger partial charge >= 0.3 is 6.18 Å². The van der Waals surface area contributed by atoms with Gasteiger partial charge in [0, 0.05) is 36.4 Å². The third-order valence-corrected chi connectivity index (χ3v) is 6.10. The van der Waals surface area contributed by atoms with Crippen LogP contribution >= 0.6 is 0 Å². The van der Waals surface area contributed by atoms with E-state index in [1.165, 1.54) is 18.3 Å². The third-order valence-electron chi connectivity index (χ3n) is 6.10. The molecule has 0 aliphatic heterocycles. The Hall–Kier alpha value is -3.89. The van der Waals surface area contributed by atoms with Gasteiger partial charge in [-0.2, -0.15) is 18.3 Å². The predicted molar refractivity (Wildman–Crippen MR) is 129 cm³/mol. The van der Waals surface area contributed by atoms with Crippen molar-refractivity contribution in [3.63, 3.8) is 0 Å². The number of benzene rings is 1. The minimum absolute atomic E-state index is 0.185. The molecule has 1 atom stereocenters. The number of hydrogen-bond acceptors (Lipinski definition) is 5. The van der Waals surface area contributed by atoms with Gasteiger partial charge in [-0.15, -0.1) is 0 Å². The SMILES string of the molecule is Cn1cc(NC(=O)[C@H](CC2CCCC2)NC(=O)c2cccc(Nc3ccnc(C(F)(F)F)c3)c2)cn1. The van der Waals surface area contributed by atoms with E-state index in [9.17, 15) is 22.8 Å². The largest absolute Gasteiger partial charge is 0.433 e. The Morgan fingerprint density at radius 3 is 2.56 bits per heavy atom. The van der Waals surface area contributed by atoms with Crippen molar-refractivity contribution in [1.82, 2.24) is 20.1 Å². The lowest BCUT2D eigenvalue weighted by atomic mass is 9.97. The van der Waals surface area contributed by atoms with Gasteiger partial charge in [-0.1, -0.05) is 31.7 Å². The molecule has 0 saturated heterocycles. The van der Waals surface area contributed by atoms with Crippen LogP contribution in [0, 0.1) is 5.92 Å². The first-order chi connectivity index (χ1) is 17.2. The molecule has 3 N–H and O–H groups in total. The lowest BCUT2D eigenvalue weighted by molar-refractivity contribution is -0.141. The summed E-state index contributed by atoms with van der Waals surface area (Å²) < 4.78 is 40.5. The molecule has 2 aromatic heterocycles. The molecule has 2 amide bonds. The maximum absolute atomic E-state index is 13.1. The van der Waals surface area contributed by atoms with Crippen molar-refractivity contribution in [2.75, 3.05) is 10.6 Å². The molecule has 4 rings (SSSR count). The zero-order valence-corrected chi connectivity index (χ0v) is 19.7. The molecule has 2 heterocycles. The standard InChI is InChI=1S/C25H27F3N6O2/c1-34-15-20(14-30-34)32-24(36)21(11-16-5-2-3-6-16)33-23(35)17-7-4-8-18(12-17)31-19-9-10-29-22(13-19)25(26,27)28/h4,7-10,12-16,21H,2-3,5-6,11H2,1H3,(H,29,31)(H,32,36)(H,33,35)/t21-/m0/s1. The maximum Gasteiger partial charge on any atom is 0.433 e. The summed E-state index contributed by atoms with van der Waals surface area (Å²) in [4.78, 5) is 29.5. The molecule has 1 saturated carbocycles. The number of nitrogens with zero attached hydrogens (tertiary/aromatic N) is 3. The number of amides is 2. The van der Waals surface area contributed by atoms with Crippen molar-refractivity contribution >= 4 is 28.9 Å². The second-order valence-electron chi connectivity index (χ2n) is 8.94. The minimum atomic E-state index is -4.57. The van der Waals surface area contributed by atoms with Crippen LogP contribution in [0.25, 0.3) is 0 Å². The van der Waals surface area contributed by atoms with Crippen molar-refractivity contribution in [1.29, 1.82) is 0 Å². The van der Waals surface area contributed by atoms with Crippen molar-refractivity contribution < 1.29 is 22.8 Å². The van der Waals surface area contributed by atoms with E-state index in [0.717, 1.165) is 37.9 Å². The number of anilines is 3. The molecular weight excluding hydrogens is 473 g/mol. The Morgan fingerprint density at radius 2 is 1.86 bits per heavy atom. The first-order valence-corrected chi connectivity index (χ1v) is 11.7. The van der Waals surface area contributed by atoms with Crippen LogP contribution in [-0.2, 0) is 18.0 Å². The van der Waals surface area contributed by atoms with E-state index in [1.807, 2.05) is 0 Å². The summed E-state index contributed by atoms with van der Waals surface area (Å²) >= 11 is 0. The Labute approximate surface area is 206 Å². The Kier molecular flexibility index (Phi) is 7.56. The summed E-state index contributed by atoms with van der Waals surface area (Å²) in [5.41, 5.74) is 0.403. The highest BCUT2D eigenvalue weighted by atomic mass is 19.4. The quantitative estimate of drug-likeness (QED) is 0.409. The molecule has 1 aliphatic rings. The molecule has 0 radical (unpaired) electrons. The van der Waals surface area contributed by atoms with Crippen molar-refractivity contribution in [3.05, 3.63) is 66.2 Å². The normalized spacial score (nSPS) is 14.9. The highest BCUT2D eigenvalue weighted by Gasteiger charge is 2.32. The van der Waals surface area contributed by atoms with E-state index in [2.05, 4.69) is 26.0 Å². The lowest BCUT2D eigenvalue weighted by Crippen LogP contribution is -2.44. The molecule has 8 nitrogen and oxygen atoms in total.